The average Bonchev–Trinajstić information content (AvgIpc) is 3.04. The minimum Gasteiger partial charge on any atom is -0.318 e. The van der Waals surface area contributed by atoms with Gasteiger partial charge in [-0.1, -0.05) is 17.7 Å². The average molecular weight is 381 g/mol. The number of benzene rings is 1. The highest BCUT2D eigenvalue weighted by Crippen LogP contribution is 2.23. The summed E-state index contributed by atoms with van der Waals surface area (Å²) in [6, 6.07) is 8.46. The smallest absolute Gasteiger partial charge is 0.318 e. The number of aromatic nitrogens is 1. The van der Waals surface area contributed by atoms with Gasteiger partial charge < -0.3 is 4.57 Å². The van der Waals surface area contributed by atoms with Crippen molar-refractivity contribution in [3.63, 3.8) is 0 Å². The Bertz CT molecular complexity index is 986. The van der Waals surface area contributed by atoms with E-state index in [2.05, 4.69) is 0 Å². The molecule has 0 bridgehead atoms. The summed E-state index contributed by atoms with van der Waals surface area (Å²) in [7, 11) is 0. The van der Waals surface area contributed by atoms with E-state index in [1.54, 1.807) is 19.9 Å². The van der Waals surface area contributed by atoms with Crippen LogP contribution in [0, 0.1) is 20.8 Å². The van der Waals surface area contributed by atoms with E-state index in [0.29, 0.717) is 5.56 Å². The van der Waals surface area contributed by atoms with Gasteiger partial charge in [-0.2, -0.15) is 0 Å². The van der Waals surface area contributed by atoms with E-state index in [1.165, 1.54) is 0 Å². The molecule has 28 heavy (non-hydrogen) atoms. The number of carbonyl (C=O) groups excluding carboxylic acids is 4. The molecule has 0 unspecified atom stereocenters. The van der Waals surface area contributed by atoms with Crippen molar-refractivity contribution in [3.8, 4) is 5.69 Å². The van der Waals surface area contributed by atoms with Crippen LogP contribution in [0.25, 0.3) is 5.69 Å². The monoisotopic (exact) mass is 381 g/mol. The van der Waals surface area contributed by atoms with Gasteiger partial charge in [0.05, 0.1) is 6.54 Å². The van der Waals surface area contributed by atoms with Crippen LogP contribution in [0.2, 0.25) is 0 Å². The van der Waals surface area contributed by atoms with Gasteiger partial charge in [0.1, 0.15) is 0 Å². The summed E-state index contributed by atoms with van der Waals surface area (Å²) in [5, 5.41) is 0. The van der Waals surface area contributed by atoms with Crippen LogP contribution >= 0.6 is 0 Å². The first-order valence-corrected chi connectivity index (χ1v) is 9.11. The molecule has 1 aliphatic rings. The second kappa shape index (κ2) is 7.07. The third kappa shape index (κ3) is 3.13. The van der Waals surface area contributed by atoms with Gasteiger partial charge in [-0.3, -0.25) is 19.3 Å². The molecule has 0 atom stereocenters. The Morgan fingerprint density at radius 1 is 0.964 bits per heavy atom. The van der Waals surface area contributed by atoms with Gasteiger partial charge in [-0.25, -0.2) is 9.69 Å². The molecule has 0 spiro atoms. The van der Waals surface area contributed by atoms with Crippen LogP contribution in [0.15, 0.2) is 30.3 Å². The van der Waals surface area contributed by atoms with Crippen molar-refractivity contribution in [1.29, 1.82) is 0 Å². The number of aryl methyl sites for hydroxylation is 2. The van der Waals surface area contributed by atoms with Gasteiger partial charge >= 0.3 is 17.8 Å². The van der Waals surface area contributed by atoms with Crippen LogP contribution in [0.4, 0.5) is 4.79 Å². The normalized spacial score (nSPS) is 14.6. The fraction of sp³-hybridized carbons (Fsp3) is 0.333. The first-order valence-electron chi connectivity index (χ1n) is 9.11. The standard InChI is InChI=1S/C21H23N3O4/c1-12(2)23-20(27)19(26)22(21(23)28)11-18(25)17-10-14(4)24(15(17)5)16-8-6-13(3)7-9-16/h6-10,12H,11H2,1-5H3. The molecule has 146 valence electrons. The first kappa shape index (κ1) is 19.5. The van der Waals surface area contributed by atoms with Crippen LogP contribution in [-0.4, -0.2) is 50.6 Å². The van der Waals surface area contributed by atoms with Gasteiger partial charge in [0.15, 0.2) is 5.78 Å². The van der Waals surface area contributed by atoms with Crippen LogP contribution in [0.3, 0.4) is 0 Å². The summed E-state index contributed by atoms with van der Waals surface area (Å²) < 4.78 is 1.95. The third-order valence-electron chi connectivity index (χ3n) is 4.93. The van der Waals surface area contributed by atoms with E-state index in [0.717, 1.165) is 32.4 Å². The molecule has 1 saturated heterocycles. The quantitative estimate of drug-likeness (QED) is 0.453. The number of hydrogen-bond donors (Lipinski definition) is 0. The zero-order valence-corrected chi connectivity index (χ0v) is 16.6. The topological polar surface area (TPSA) is 79.7 Å². The van der Waals surface area contributed by atoms with Gasteiger partial charge in [0.2, 0.25) is 0 Å². The number of imide groups is 2. The molecular weight excluding hydrogens is 358 g/mol. The largest absolute Gasteiger partial charge is 0.334 e. The number of nitrogens with zero attached hydrogens (tertiary/aromatic N) is 3. The fourth-order valence-electron chi connectivity index (χ4n) is 3.48. The fourth-order valence-corrected chi connectivity index (χ4v) is 3.48. The molecule has 2 heterocycles. The molecule has 0 aliphatic carbocycles. The van der Waals surface area contributed by atoms with Crippen LogP contribution < -0.4 is 0 Å². The molecule has 0 N–H and O–H groups in total. The Hall–Kier alpha value is -3.22. The maximum absolute atomic E-state index is 12.9. The molecule has 1 aromatic carbocycles. The van der Waals surface area contributed by atoms with Crippen molar-refractivity contribution in [2.24, 2.45) is 0 Å². The van der Waals surface area contributed by atoms with Crippen molar-refractivity contribution in [3.05, 3.63) is 52.8 Å². The Morgan fingerprint density at radius 2 is 1.57 bits per heavy atom. The second-order valence-electron chi connectivity index (χ2n) is 7.32. The molecule has 0 saturated carbocycles. The van der Waals surface area contributed by atoms with E-state index >= 15 is 0 Å². The third-order valence-corrected chi connectivity index (χ3v) is 4.93. The van der Waals surface area contributed by atoms with E-state index < -0.39 is 30.4 Å². The number of urea groups is 1. The highest BCUT2D eigenvalue weighted by molar-refractivity contribution is 6.45. The molecule has 1 aliphatic heterocycles. The van der Waals surface area contributed by atoms with Crippen molar-refractivity contribution >= 4 is 23.6 Å². The van der Waals surface area contributed by atoms with Gasteiger partial charge in [-0.15, -0.1) is 0 Å². The number of rotatable bonds is 5. The molecule has 4 amide bonds. The number of hydrogen-bond acceptors (Lipinski definition) is 4. The van der Waals surface area contributed by atoms with Gasteiger partial charge in [0.25, 0.3) is 0 Å². The van der Waals surface area contributed by atoms with E-state index in [9.17, 15) is 19.2 Å². The van der Waals surface area contributed by atoms with Crippen LogP contribution in [0.5, 0.6) is 0 Å². The Labute approximate surface area is 163 Å². The zero-order valence-electron chi connectivity index (χ0n) is 16.6. The SMILES string of the molecule is Cc1ccc(-n2c(C)cc(C(=O)CN3C(=O)C(=O)N(C(C)C)C3=O)c2C)cc1. The Kier molecular flexibility index (Phi) is 4.93. The minimum atomic E-state index is -0.959. The predicted octanol–water partition coefficient (Wildman–Crippen LogP) is 2.78. The first-order chi connectivity index (χ1) is 13.1. The summed E-state index contributed by atoms with van der Waals surface area (Å²) in [4.78, 5) is 51.0. The van der Waals surface area contributed by atoms with E-state index in [4.69, 9.17) is 0 Å². The van der Waals surface area contributed by atoms with Crippen molar-refractivity contribution in [2.75, 3.05) is 6.54 Å². The lowest BCUT2D eigenvalue weighted by Gasteiger charge is -2.18. The summed E-state index contributed by atoms with van der Waals surface area (Å²) >= 11 is 0. The zero-order chi connectivity index (χ0) is 20.7. The molecule has 3 rings (SSSR count). The maximum atomic E-state index is 12.9. The molecular formula is C21H23N3O4. The number of ketones is 1. The molecule has 7 nitrogen and oxygen atoms in total. The lowest BCUT2D eigenvalue weighted by molar-refractivity contribution is -0.143. The van der Waals surface area contributed by atoms with Crippen molar-refractivity contribution in [1.82, 2.24) is 14.4 Å². The molecule has 7 heteroatoms. The van der Waals surface area contributed by atoms with E-state index in [1.807, 2.05) is 49.6 Å². The highest BCUT2D eigenvalue weighted by atomic mass is 16.2. The summed E-state index contributed by atoms with van der Waals surface area (Å²) in [5.74, 6) is -2.23. The minimum absolute atomic E-state index is 0.383. The maximum Gasteiger partial charge on any atom is 0.334 e. The second-order valence-corrected chi connectivity index (χ2v) is 7.32. The highest BCUT2D eigenvalue weighted by Gasteiger charge is 2.46. The molecule has 1 aromatic heterocycles. The number of amides is 4. The Balaban J connectivity index is 1.89. The van der Waals surface area contributed by atoms with Crippen LogP contribution in [0.1, 0.15) is 41.2 Å². The molecule has 0 radical (unpaired) electrons. The van der Waals surface area contributed by atoms with Gasteiger partial charge in [0, 0.05) is 28.7 Å². The predicted molar refractivity (Wildman–Crippen MR) is 103 cm³/mol. The van der Waals surface area contributed by atoms with Crippen LogP contribution in [-0.2, 0) is 9.59 Å². The summed E-state index contributed by atoms with van der Waals surface area (Å²) in [6.45, 7) is 8.54. The summed E-state index contributed by atoms with van der Waals surface area (Å²) in [6.07, 6.45) is 0. The molecule has 1 fully saturated rings. The molecule has 2 aromatic rings. The number of carbonyl (C=O) groups is 4. The number of Topliss-reactive ketones (excluding diaryl/α,β-unsaturated/α-hetero) is 1. The lowest BCUT2D eigenvalue weighted by atomic mass is 10.1. The van der Waals surface area contributed by atoms with Gasteiger partial charge in [-0.05, 0) is 52.8 Å². The van der Waals surface area contributed by atoms with Crippen molar-refractivity contribution in [2.45, 2.75) is 40.7 Å². The summed E-state index contributed by atoms with van der Waals surface area (Å²) in [5.41, 5.74) is 4.07. The van der Waals surface area contributed by atoms with E-state index in [-0.39, 0.29) is 5.78 Å². The Morgan fingerprint density at radius 3 is 2.11 bits per heavy atom. The lowest BCUT2D eigenvalue weighted by Crippen LogP contribution is -2.39. The van der Waals surface area contributed by atoms with Crippen molar-refractivity contribution < 1.29 is 19.2 Å².